The Morgan fingerprint density at radius 3 is 3.08 bits per heavy atom. The van der Waals surface area contributed by atoms with Crippen LogP contribution in [0, 0.1) is 0 Å². The van der Waals surface area contributed by atoms with Crippen LogP contribution >= 0.6 is 0 Å². The molecule has 5 heteroatoms. The first kappa shape index (κ1) is 8.73. The Labute approximate surface area is 70.5 Å². The van der Waals surface area contributed by atoms with Crippen molar-refractivity contribution in [2.45, 2.75) is 6.54 Å². The van der Waals surface area contributed by atoms with Gasteiger partial charge >= 0.3 is 0 Å². The Hall–Kier alpha value is -1.36. The molecule has 0 aliphatic carbocycles. The number of hydrogen-bond acceptors (Lipinski definition) is 3. The molecule has 0 saturated carbocycles. The van der Waals surface area contributed by atoms with Gasteiger partial charge in [-0.15, -0.1) is 0 Å². The van der Waals surface area contributed by atoms with Crippen LogP contribution in [0.5, 0.6) is 0 Å². The van der Waals surface area contributed by atoms with Gasteiger partial charge in [0.05, 0.1) is 18.8 Å². The van der Waals surface area contributed by atoms with E-state index in [0.29, 0.717) is 6.54 Å². The van der Waals surface area contributed by atoms with Gasteiger partial charge in [-0.05, 0) is 6.07 Å². The number of nitrogens with one attached hydrogen (secondary N) is 1. The van der Waals surface area contributed by atoms with Gasteiger partial charge in [-0.2, -0.15) is 5.10 Å². The summed E-state index contributed by atoms with van der Waals surface area (Å²) in [5.74, 6) is -0.166. The molecule has 1 heterocycles. The smallest absolute Gasteiger partial charge is 0.234 e. The minimum atomic E-state index is -0.166. The van der Waals surface area contributed by atoms with E-state index in [4.69, 9.17) is 5.73 Å². The van der Waals surface area contributed by atoms with Gasteiger partial charge in [0.25, 0.3) is 0 Å². The van der Waals surface area contributed by atoms with Gasteiger partial charge in [0.1, 0.15) is 0 Å². The Balaban J connectivity index is 2.38. The Kier molecular flexibility index (Phi) is 2.82. The molecule has 0 radical (unpaired) electrons. The van der Waals surface area contributed by atoms with Crippen LogP contribution in [-0.2, 0) is 18.4 Å². The highest BCUT2D eigenvalue weighted by atomic mass is 16.1. The first-order valence-corrected chi connectivity index (χ1v) is 3.67. The van der Waals surface area contributed by atoms with Crippen molar-refractivity contribution >= 4 is 5.91 Å². The molecule has 0 fully saturated rings. The maximum absolute atomic E-state index is 10.7. The van der Waals surface area contributed by atoms with Gasteiger partial charge in [0, 0.05) is 13.2 Å². The van der Waals surface area contributed by atoms with E-state index in [2.05, 4.69) is 10.4 Å². The fourth-order valence-corrected chi connectivity index (χ4v) is 0.819. The van der Waals surface area contributed by atoms with Crippen LogP contribution in [0.4, 0.5) is 0 Å². The van der Waals surface area contributed by atoms with E-state index in [9.17, 15) is 4.79 Å². The Morgan fingerprint density at radius 1 is 1.83 bits per heavy atom. The third-order valence-corrected chi connectivity index (χ3v) is 1.42. The van der Waals surface area contributed by atoms with E-state index in [-0.39, 0.29) is 12.5 Å². The standard InChI is InChI=1S/C7H12N4O/c1-11-3-2-6(10-11)5-9-7(12)4-8/h2-3H,4-5,8H2,1H3,(H,9,12). The molecule has 3 N–H and O–H groups in total. The molecular weight excluding hydrogens is 156 g/mol. The van der Waals surface area contributed by atoms with Crippen LogP contribution in [0.1, 0.15) is 5.69 Å². The zero-order chi connectivity index (χ0) is 8.97. The van der Waals surface area contributed by atoms with Crippen LogP contribution in [-0.4, -0.2) is 22.2 Å². The molecule has 0 spiro atoms. The highest BCUT2D eigenvalue weighted by Crippen LogP contribution is 1.91. The summed E-state index contributed by atoms with van der Waals surface area (Å²) in [6.07, 6.45) is 1.82. The van der Waals surface area contributed by atoms with E-state index in [1.807, 2.05) is 19.3 Å². The average molecular weight is 168 g/mol. The minimum Gasteiger partial charge on any atom is -0.349 e. The van der Waals surface area contributed by atoms with Crippen molar-refractivity contribution in [3.63, 3.8) is 0 Å². The summed E-state index contributed by atoms with van der Waals surface area (Å²) in [6.45, 7) is 0.462. The second kappa shape index (κ2) is 3.87. The molecule has 0 atom stereocenters. The number of nitrogens with two attached hydrogens (primary N) is 1. The molecule has 0 aliphatic rings. The molecule has 0 unspecified atom stereocenters. The summed E-state index contributed by atoms with van der Waals surface area (Å²) in [4.78, 5) is 10.7. The molecule has 0 aliphatic heterocycles. The van der Waals surface area contributed by atoms with Crippen molar-refractivity contribution in [1.29, 1.82) is 0 Å². The van der Waals surface area contributed by atoms with Gasteiger partial charge in [-0.25, -0.2) is 0 Å². The van der Waals surface area contributed by atoms with Crippen molar-refractivity contribution in [3.05, 3.63) is 18.0 Å². The number of carbonyl (C=O) groups excluding carboxylic acids is 1. The first-order valence-electron chi connectivity index (χ1n) is 3.67. The van der Waals surface area contributed by atoms with Gasteiger partial charge in [-0.3, -0.25) is 9.48 Å². The van der Waals surface area contributed by atoms with E-state index < -0.39 is 0 Å². The van der Waals surface area contributed by atoms with Crippen molar-refractivity contribution in [2.75, 3.05) is 6.54 Å². The summed E-state index contributed by atoms with van der Waals surface area (Å²) in [5, 5.41) is 6.70. The highest BCUT2D eigenvalue weighted by Gasteiger charge is 1.99. The summed E-state index contributed by atoms with van der Waals surface area (Å²) in [7, 11) is 1.83. The van der Waals surface area contributed by atoms with Crippen molar-refractivity contribution in [1.82, 2.24) is 15.1 Å². The molecule has 1 aromatic heterocycles. The lowest BCUT2D eigenvalue weighted by Crippen LogP contribution is -2.29. The Bertz CT molecular complexity index is 268. The zero-order valence-corrected chi connectivity index (χ0v) is 6.95. The predicted molar refractivity (Wildman–Crippen MR) is 44.1 cm³/mol. The van der Waals surface area contributed by atoms with E-state index in [0.717, 1.165) is 5.69 Å². The predicted octanol–water partition coefficient (Wildman–Crippen LogP) is -1.00. The molecule has 66 valence electrons. The number of aryl methyl sites for hydroxylation is 1. The van der Waals surface area contributed by atoms with Crippen LogP contribution < -0.4 is 11.1 Å². The monoisotopic (exact) mass is 168 g/mol. The molecular formula is C7H12N4O. The van der Waals surface area contributed by atoms with Crippen molar-refractivity contribution < 1.29 is 4.79 Å². The quantitative estimate of drug-likeness (QED) is 0.607. The Morgan fingerprint density at radius 2 is 2.58 bits per heavy atom. The van der Waals surface area contributed by atoms with Crippen LogP contribution in [0.2, 0.25) is 0 Å². The highest BCUT2D eigenvalue weighted by molar-refractivity contribution is 5.77. The number of nitrogens with zero attached hydrogens (tertiary/aromatic N) is 2. The summed E-state index contributed by atoms with van der Waals surface area (Å²) < 4.78 is 1.68. The maximum Gasteiger partial charge on any atom is 0.234 e. The van der Waals surface area contributed by atoms with Crippen LogP contribution in [0.15, 0.2) is 12.3 Å². The van der Waals surface area contributed by atoms with Crippen molar-refractivity contribution in [2.24, 2.45) is 12.8 Å². The number of aromatic nitrogens is 2. The maximum atomic E-state index is 10.7. The minimum absolute atomic E-state index is 0.0207. The second-order valence-electron chi connectivity index (χ2n) is 2.46. The molecule has 1 rings (SSSR count). The molecule has 1 amide bonds. The number of carbonyl (C=O) groups is 1. The number of rotatable bonds is 3. The molecule has 5 nitrogen and oxygen atoms in total. The third kappa shape index (κ3) is 2.35. The average Bonchev–Trinajstić information content (AvgIpc) is 2.47. The molecule has 0 saturated heterocycles. The summed E-state index contributed by atoms with van der Waals surface area (Å²) >= 11 is 0. The van der Waals surface area contributed by atoms with E-state index in [1.54, 1.807) is 4.68 Å². The number of hydrogen-bond donors (Lipinski definition) is 2. The number of amides is 1. The van der Waals surface area contributed by atoms with Crippen LogP contribution in [0.3, 0.4) is 0 Å². The lowest BCUT2D eigenvalue weighted by Gasteiger charge is -1.98. The van der Waals surface area contributed by atoms with Crippen LogP contribution in [0.25, 0.3) is 0 Å². The largest absolute Gasteiger partial charge is 0.349 e. The fourth-order valence-electron chi connectivity index (χ4n) is 0.819. The second-order valence-corrected chi connectivity index (χ2v) is 2.46. The molecule has 0 bridgehead atoms. The van der Waals surface area contributed by atoms with E-state index >= 15 is 0 Å². The molecule has 1 aromatic rings. The third-order valence-electron chi connectivity index (χ3n) is 1.42. The van der Waals surface area contributed by atoms with Gasteiger partial charge < -0.3 is 11.1 Å². The summed E-state index contributed by atoms with van der Waals surface area (Å²) in [6, 6.07) is 1.84. The first-order chi connectivity index (χ1) is 5.72. The normalized spacial score (nSPS) is 9.83. The lowest BCUT2D eigenvalue weighted by molar-refractivity contribution is -0.119. The van der Waals surface area contributed by atoms with Crippen molar-refractivity contribution in [3.8, 4) is 0 Å². The topological polar surface area (TPSA) is 72.9 Å². The fraction of sp³-hybridized carbons (Fsp3) is 0.429. The van der Waals surface area contributed by atoms with Gasteiger partial charge in [0.15, 0.2) is 0 Å². The van der Waals surface area contributed by atoms with Gasteiger partial charge in [-0.1, -0.05) is 0 Å². The SMILES string of the molecule is Cn1ccc(CNC(=O)CN)n1. The van der Waals surface area contributed by atoms with E-state index in [1.165, 1.54) is 0 Å². The molecule has 0 aromatic carbocycles. The molecule has 12 heavy (non-hydrogen) atoms. The zero-order valence-electron chi connectivity index (χ0n) is 6.95. The lowest BCUT2D eigenvalue weighted by atomic mass is 10.4. The van der Waals surface area contributed by atoms with Gasteiger partial charge in [0.2, 0.25) is 5.91 Å². The summed E-state index contributed by atoms with van der Waals surface area (Å²) in [5.41, 5.74) is 5.94.